The fraction of sp³-hybridized carbons (Fsp3) is 0.500. The standard InChI is InChI=1S/C22H28N6O4.C2H6/c1-13(2)7-20(29)24-12-27-11-14(3)28-19(21(27)30)9-18(26-28)16-6-5-15(10-23)8-17(16)25-22(31)32-4;1-2/h5-6,8-9,13-14,18,26H,7,11-12H2,1-4H3,(H,24,29)(H,25,31);1-2H3. The van der Waals surface area contributed by atoms with E-state index in [1.807, 2.05) is 40.7 Å². The molecule has 10 heteroatoms. The molecule has 1 saturated heterocycles. The lowest BCUT2D eigenvalue weighted by Gasteiger charge is -2.39. The van der Waals surface area contributed by atoms with Gasteiger partial charge in [0.25, 0.3) is 5.91 Å². The van der Waals surface area contributed by atoms with E-state index < -0.39 is 12.1 Å². The summed E-state index contributed by atoms with van der Waals surface area (Å²) in [6, 6.07) is 6.55. The molecule has 3 N–H and O–H groups in total. The van der Waals surface area contributed by atoms with Crippen LogP contribution in [-0.2, 0) is 14.3 Å². The normalized spacial score (nSPS) is 18.9. The molecular weight excluding hydrogens is 436 g/mol. The third-order valence-electron chi connectivity index (χ3n) is 5.29. The summed E-state index contributed by atoms with van der Waals surface area (Å²) in [5, 5.41) is 16.5. The Morgan fingerprint density at radius 1 is 1.32 bits per heavy atom. The maximum atomic E-state index is 13.1. The predicted octanol–water partition coefficient (Wildman–Crippen LogP) is 2.86. The summed E-state index contributed by atoms with van der Waals surface area (Å²) in [6.07, 6.45) is 1.53. The number of rotatable bonds is 6. The lowest BCUT2D eigenvalue weighted by molar-refractivity contribution is -0.135. The maximum absolute atomic E-state index is 13.1. The van der Waals surface area contributed by atoms with Crippen molar-refractivity contribution in [1.82, 2.24) is 20.7 Å². The van der Waals surface area contributed by atoms with E-state index in [2.05, 4.69) is 20.8 Å². The zero-order valence-corrected chi connectivity index (χ0v) is 20.6. The molecule has 2 aliphatic heterocycles. The molecule has 1 aromatic carbocycles. The number of ether oxygens (including phenoxy) is 1. The Hall–Kier alpha value is -3.58. The Kier molecular flexibility index (Phi) is 9.45. The van der Waals surface area contributed by atoms with Crippen LogP contribution in [0.15, 0.2) is 30.0 Å². The van der Waals surface area contributed by atoms with Gasteiger partial charge in [0.1, 0.15) is 5.70 Å². The fourth-order valence-electron chi connectivity index (χ4n) is 3.77. The lowest BCUT2D eigenvalue weighted by Crippen LogP contribution is -2.57. The van der Waals surface area contributed by atoms with Crippen LogP contribution in [0.4, 0.5) is 10.5 Å². The first kappa shape index (κ1) is 26.7. The van der Waals surface area contributed by atoms with Gasteiger partial charge in [-0.3, -0.25) is 19.9 Å². The van der Waals surface area contributed by atoms with Crippen LogP contribution >= 0.6 is 0 Å². The lowest BCUT2D eigenvalue weighted by atomic mass is 10.0. The number of hydrogen-bond acceptors (Lipinski definition) is 7. The number of amides is 3. The molecule has 0 spiro atoms. The van der Waals surface area contributed by atoms with Crippen LogP contribution in [0.1, 0.15) is 58.2 Å². The third-order valence-corrected chi connectivity index (χ3v) is 5.29. The van der Waals surface area contributed by atoms with Gasteiger partial charge in [-0.25, -0.2) is 10.2 Å². The van der Waals surface area contributed by atoms with Crippen molar-refractivity contribution < 1.29 is 19.1 Å². The number of fused-ring (bicyclic) bond motifs is 1. The molecule has 10 nitrogen and oxygen atoms in total. The minimum absolute atomic E-state index is 0.0404. The number of hydrazine groups is 1. The van der Waals surface area contributed by atoms with E-state index in [0.717, 1.165) is 0 Å². The van der Waals surface area contributed by atoms with Gasteiger partial charge in [0.2, 0.25) is 5.91 Å². The monoisotopic (exact) mass is 470 g/mol. The highest BCUT2D eigenvalue weighted by Gasteiger charge is 2.39. The number of anilines is 1. The van der Waals surface area contributed by atoms with E-state index >= 15 is 0 Å². The van der Waals surface area contributed by atoms with Gasteiger partial charge in [-0.05, 0) is 36.6 Å². The molecule has 34 heavy (non-hydrogen) atoms. The number of nitrogens with zero attached hydrogens (tertiary/aromatic N) is 3. The predicted molar refractivity (Wildman–Crippen MR) is 128 cm³/mol. The summed E-state index contributed by atoms with van der Waals surface area (Å²) in [5.74, 6) is -0.0429. The molecule has 0 bridgehead atoms. The second-order valence-corrected chi connectivity index (χ2v) is 8.29. The summed E-state index contributed by atoms with van der Waals surface area (Å²) < 4.78 is 4.68. The highest BCUT2D eigenvalue weighted by Crippen LogP contribution is 2.34. The van der Waals surface area contributed by atoms with Gasteiger partial charge in [-0.1, -0.05) is 33.8 Å². The molecule has 3 amide bonds. The molecule has 2 aliphatic rings. The van der Waals surface area contributed by atoms with Crippen LogP contribution in [0.25, 0.3) is 0 Å². The van der Waals surface area contributed by atoms with Crippen molar-refractivity contribution in [3.05, 3.63) is 41.1 Å². The van der Waals surface area contributed by atoms with Crippen LogP contribution in [0.5, 0.6) is 0 Å². The number of nitrogens with one attached hydrogen (secondary N) is 3. The first-order chi connectivity index (χ1) is 16.2. The summed E-state index contributed by atoms with van der Waals surface area (Å²) in [7, 11) is 1.26. The average molecular weight is 471 g/mol. The topological polar surface area (TPSA) is 127 Å². The number of nitriles is 1. The molecule has 0 saturated carbocycles. The van der Waals surface area contributed by atoms with Crippen molar-refractivity contribution >= 4 is 23.6 Å². The molecule has 1 aromatic rings. The molecule has 2 atom stereocenters. The van der Waals surface area contributed by atoms with E-state index in [1.54, 1.807) is 34.2 Å². The Morgan fingerprint density at radius 2 is 2.03 bits per heavy atom. The van der Waals surface area contributed by atoms with Crippen molar-refractivity contribution in [2.75, 3.05) is 25.6 Å². The first-order valence-corrected chi connectivity index (χ1v) is 11.5. The number of carbonyl (C=O) groups is 3. The number of piperazine rings is 1. The zero-order valence-electron chi connectivity index (χ0n) is 20.6. The first-order valence-electron chi connectivity index (χ1n) is 11.5. The Balaban J connectivity index is 0.00000199. The minimum atomic E-state index is -0.655. The summed E-state index contributed by atoms with van der Waals surface area (Å²) in [4.78, 5) is 38.5. The van der Waals surface area contributed by atoms with Gasteiger partial charge in [0.15, 0.2) is 0 Å². The van der Waals surface area contributed by atoms with Crippen molar-refractivity contribution in [2.45, 2.75) is 53.1 Å². The van der Waals surface area contributed by atoms with Crippen LogP contribution in [0.2, 0.25) is 0 Å². The summed E-state index contributed by atoms with van der Waals surface area (Å²) >= 11 is 0. The van der Waals surface area contributed by atoms with Crippen LogP contribution in [-0.4, -0.2) is 54.2 Å². The number of benzene rings is 1. The molecule has 0 radical (unpaired) electrons. The van der Waals surface area contributed by atoms with E-state index in [9.17, 15) is 19.6 Å². The van der Waals surface area contributed by atoms with Gasteiger partial charge in [0, 0.05) is 13.0 Å². The largest absolute Gasteiger partial charge is 0.453 e. The van der Waals surface area contributed by atoms with Crippen molar-refractivity contribution in [1.29, 1.82) is 5.26 Å². The molecule has 184 valence electrons. The SMILES string of the molecule is CC.COC(=O)Nc1cc(C#N)ccc1C1C=C2C(=O)N(CNC(=O)CC(C)C)CC(C)N2N1. The molecule has 2 unspecified atom stereocenters. The molecule has 0 aromatic heterocycles. The molecule has 0 aliphatic carbocycles. The Labute approximate surface area is 200 Å². The van der Waals surface area contributed by atoms with Crippen LogP contribution in [0.3, 0.4) is 0 Å². The third kappa shape index (κ3) is 6.26. The van der Waals surface area contributed by atoms with Gasteiger partial charge >= 0.3 is 6.09 Å². The highest BCUT2D eigenvalue weighted by molar-refractivity contribution is 5.95. The smallest absolute Gasteiger partial charge is 0.411 e. The molecular formula is C24H34N6O4. The van der Waals surface area contributed by atoms with Gasteiger partial charge in [-0.15, -0.1) is 0 Å². The van der Waals surface area contributed by atoms with E-state index in [-0.39, 0.29) is 30.4 Å². The van der Waals surface area contributed by atoms with E-state index in [0.29, 0.717) is 35.5 Å². The zero-order chi connectivity index (χ0) is 25.4. The Morgan fingerprint density at radius 3 is 2.65 bits per heavy atom. The average Bonchev–Trinajstić information content (AvgIpc) is 3.27. The van der Waals surface area contributed by atoms with Crippen LogP contribution < -0.4 is 16.1 Å². The van der Waals surface area contributed by atoms with Gasteiger partial charge in [-0.2, -0.15) is 5.26 Å². The number of methoxy groups -OCH3 is 1. The maximum Gasteiger partial charge on any atom is 0.411 e. The van der Waals surface area contributed by atoms with Crippen molar-refractivity contribution in [2.24, 2.45) is 5.92 Å². The fourth-order valence-corrected chi connectivity index (χ4v) is 3.77. The summed E-state index contributed by atoms with van der Waals surface area (Å²) in [5.41, 5.74) is 5.27. The Bertz CT molecular complexity index is 984. The molecule has 1 fully saturated rings. The number of carbonyl (C=O) groups excluding carboxylic acids is 3. The van der Waals surface area contributed by atoms with E-state index in [4.69, 9.17) is 0 Å². The second kappa shape index (κ2) is 12.0. The van der Waals surface area contributed by atoms with Crippen molar-refractivity contribution in [3.63, 3.8) is 0 Å². The molecule has 2 heterocycles. The van der Waals surface area contributed by atoms with Crippen molar-refractivity contribution in [3.8, 4) is 6.07 Å². The van der Waals surface area contributed by atoms with Gasteiger partial charge in [0.05, 0.1) is 43.2 Å². The van der Waals surface area contributed by atoms with Gasteiger partial charge < -0.3 is 15.0 Å². The second-order valence-electron chi connectivity index (χ2n) is 8.29. The highest BCUT2D eigenvalue weighted by atomic mass is 16.5. The summed E-state index contributed by atoms with van der Waals surface area (Å²) in [6.45, 7) is 10.5. The molecule has 3 rings (SSSR count). The quantitative estimate of drug-likeness (QED) is 0.583. The minimum Gasteiger partial charge on any atom is -0.453 e. The number of hydrogen-bond donors (Lipinski definition) is 3. The van der Waals surface area contributed by atoms with Crippen LogP contribution in [0, 0.1) is 17.2 Å². The van der Waals surface area contributed by atoms with E-state index in [1.165, 1.54) is 7.11 Å².